The third kappa shape index (κ3) is 4.04. The van der Waals surface area contributed by atoms with Gasteiger partial charge in [-0.05, 0) is 58.6 Å². The number of aromatic nitrogens is 1. The summed E-state index contributed by atoms with van der Waals surface area (Å²) in [4.78, 5) is 16.5. The summed E-state index contributed by atoms with van der Waals surface area (Å²) in [5.74, 6) is 0.668. The summed E-state index contributed by atoms with van der Waals surface area (Å²) >= 11 is 0. The topological polar surface area (TPSA) is 77.9 Å². The monoisotopic (exact) mass is 354 g/mol. The van der Waals surface area contributed by atoms with E-state index in [1.54, 1.807) is 0 Å². The van der Waals surface area contributed by atoms with Crippen LogP contribution in [-0.2, 0) is 0 Å². The van der Waals surface area contributed by atoms with E-state index in [4.69, 9.17) is 10.4 Å². The first kappa shape index (κ1) is 18.8. The number of carbonyl (C=O) groups is 1. The predicted molar refractivity (Wildman–Crippen MR) is 107 cm³/mol. The third-order valence-electron chi connectivity index (χ3n) is 5.21. The lowest BCUT2D eigenvalue weighted by atomic mass is 9.82. The zero-order valence-corrected chi connectivity index (χ0v) is 16.3. The van der Waals surface area contributed by atoms with Gasteiger partial charge in [0, 0.05) is 34.5 Å². The van der Waals surface area contributed by atoms with E-state index in [1.807, 2.05) is 6.07 Å². The van der Waals surface area contributed by atoms with Gasteiger partial charge < -0.3 is 16.0 Å². The van der Waals surface area contributed by atoms with Gasteiger partial charge in [0.05, 0.1) is 5.69 Å². The van der Waals surface area contributed by atoms with E-state index in [0.717, 1.165) is 36.8 Å². The molecule has 3 N–H and O–H groups in total. The molecular formula is C21H30N4O. The molecule has 0 bridgehead atoms. The van der Waals surface area contributed by atoms with Gasteiger partial charge in [0.2, 0.25) is 0 Å². The van der Waals surface area contributed by atoms with Gasteiger partial charge in [0.25, 0.3) is 0 Å². The lowest BCUT2D eigenvalue weighted by Gasteiger charge is -2.41. The molecule has 1 aromatic rings. The van der Waals surface area contributed by atoms with E-state index < -0.39 is 0 Å². The van der Waals surface area contributed by atoms with Crippen LogP contribution in [0.5, 0.6) is 0 Å². The van der Waals surface area contributed by atoms with Crippen LogP contribution in [0.4, 0.5) is 5.82 Å². The fourth-order valence-corrected chi connectivity index (χ4v) is 4.44. The minimum Gasteiger partial charge on any atom is -0.367 e. The first-order valence-electron chi connectivity index (χ1n) is 9.52. The maximum atomic E-state index is 11.7. The van der Waals surface area contributed by atoms with Gasteiger partial charge in [-0.25, -0.2) is 4.98 Å². The van der Waals surface area contributed by atoms with Crippen LogP contribution in [0, 0.1) is 5.41 Å². The quantitative estimate of drug-likeness (QED) is 0.547. The first-order chi connectivity index (χ1) is 12.2. The molecule has 26 heavy (non-hydrogen) atoms. The molecule has 0 saturated heterocycles. The maximum absolute atomic E-state index is 11.7. The molecule has 5 nitrogen and oxygen atoms in total. The fraction of sp³-hybridized carbons (Fsp3) is 0.571. The summed E-state index contributed by atoms with van der Waals surface area (Å²) in [5.41, 5.74) is 2.91. The second-order valence-electron chi connectivity index (χ2n) is 8.82. The maximum Gasteiger partial charge on any atom is 0.150 e. The summed E-state index contributed by atoms with van der Waals surface area (Å²) in [7, 11) is 0. The van der Waals surface area contributed by atoms with Crippen molar-refractivity contribution in [2.24, 2.45) is 0 Å². The van der Waals surface area contributed by atoms with Gasteiger partial charge in [-0.15, -0.1) is 0 Å². The number of pyridine rings is 1. The normalized spacial score (nSPS) is 21.9. The zero-order valence-electron chi connectivity index (χ0n) is 16.3. The van der Waals surface area contributed by atoms with Gasteiger partial charge in [0.1, 0.15) is 5.82 Å². The number of anilines is 1. The smallest absolute Gasteiger partial charge is 0.150 e. The number of nitrogens with zero attached hydrogens (tertiary/aromatic N) is 1. The molecule has 0 radical (unpaired) electrons. The minimum atomic E-state index is -0.140. The predicted octanol–water partition coefficient (Wildman–Crippen LogP) is 4.18. The molecule has 0 unspecified atom stereocenters. The summed E-state index contributed by atoms with van der Waals surface area (Å²) in [5, 5.41) is 14.9. The number of hydrogen-bond donors (Lipinski definition) is 3. The standard InChI is InChI=1S/C21H30N4O/c1-20(2)10-15(11-21(3,4)25-20)18-9-14(13-26)17(12-22)19(24-18)23-16-7-5-6-8-16/h9-10,12-13,16,22,25H,5-8,11H2,1-4H3,(H,23,24). The molecule has 5 heteroatoms. The van der Waals surface area contributed by atoms with E-state index in [0.29, 0.717) is 23.0 Å². The number of aldehydes is 1. The zero-order chi connectivity index (χ0) is 18.9. The van der Waals surface area contributed by atoms with Crippen molar-refractivity contribution in [2.45, 2.75) is 76.9 Å². The SMILES string of the molecule is CC1(C)C=C(c2cc(C=O)c(C=N)c(NC3CCCC3)n2)CC(C)(C)N1. The van der Waals surface area contributed by atoms with Gasteiger partial charge >= 0.3 is 0 Å². The third-order valence-corrected chi connectivity index (χ3v) is 5.21. The van der Waals surface area contributed by atoms with Crippen molar-refractivity contribution in [1.82, 2.24) is 10.3 Å². The van der Waals surface area contributed by atoms with Crippen LogP contribution in [-0.4, -0.2) is 34.6 Å². The Morgan fingerprint density at radius 1 is 1.27 bits per heavy atom. The molecule has 1 aliphatic heterocycles. The summed E-state index contributed by atoms with van der Waals surface area (Å²) < 4.78 is 0. The number of rotatable bonds is 5. The van der Waals surface area contributed by atoms with Gasteiger partial charge in [-0.2, -0.15) is 0 Å². The summed E-state index contributed by atoms with van der Waals surface area (Å²) in [6, 6.07) is 2.21. The average molecular weight is 354 g/mol. The molecule has 1 aliphatic carbocycles. The van der Waals surface area contributed by atoms with Crippen molar-refractivity contribution >= 4 is 23.9 Å². The Bertz CT molecular complexity index is 743. The highest BCUT2D eigenvalue weighted by molar-refractivity contribution is 5.96. The molecular weight excluding hydrogens is 324 g/mol. The van der Waals surface area contributed by atoms with Crippen LogP contribution < -0.4 is 10.6 Å². The molecule has 2 heterocycles. The van der Waals surface area contributed by atoms with Crippen molar-refractivity contribution in [1.29, 1.82) is 5.41 Å². The van der Waals surface area contributed by atoms with Gasteiger partial charge in [0.15, 0.2) is 6.29 Å². The first-order valence-corrected chi connectivity index (χ1v) is 9.52. The lowest BCUT2D eigenvalue weighted by Crippen LogP contribution is -2.53. The molecule has 1 fully saturated rings. The fourth-order valence-electron chi connectivity index (χ4n) is 4.44. The molecule has 0 aromatic carbocycles. The largest absolute Gasteiger partial charge is 0.367 e. The van der Waals surface area contributed by atoms with Crippen LogP contribution in [0.2, 0.25) is 0 Å². The average Bonchev–Trinajstić information content (AvgIpc) is 3.04. The number of hydrogen-bond acceptors (Lipinski definition) is 5. The van der Waals surface area contributed by atoms with Crippen LogP contribution in [0.3, 0.4) is 0 Å². The molecule has 3 rings (SSSR count). The van der Waals surface area contributed by atoms with Crippen LogP contribution in [0.1, 0.15) is 81.4 Å². The van der Waals surface area contributed by atoms with Crippen molar-refractivity contribution in [3.63, 3.8) is 0 Å². The highest BCUT2D eigenvalue weighted by atomic mass is 16.1. The van der Waals surface area contributed by atoms with Crippen molar-refractivity contribution in [3.8, 4) is 0 Å². The molecule has 0 atom stereocenters. The summed E-state index contributed by atoms with van der Waals surface area (Å²) in [6.45, 7) is 8.68. The Hall–Kier alpha value is -2.01. The van der Waals surface area contributed by atoms with Crippen molar-refractivity contribution < 1.29 is 4.79 Å². The van der Waals surface area contributed by atoms with Crippen molar-refractivity contribution in [2.75, 3.05) is 5.32 Å². The minimum absolute atomic E-state index is 0.0458. The second kappa shape index (κ2) is 6.95. The Balaban J connectivity index is 2.05. The van der Waals surface area contributed by atoms with Crippen LogP contribution in [0.15, 0.2) is 12.1 Å². The Kier molecular flexibility index (Phi) is 5.02. The van der Waals surface area contributed by atoms with Gasteiger partial charge in [-0.1, -0.05) is 18.9 Å². The van der Waals surface area contributed by atoms with E-state index >= 15 is 0 Å². The van der Waals surface area contributed by atoms with E-state index in [-0.39, 0.29) is 11.1 Å². The highest BCUT2D eigenvalue weighted by Gasteiger charge is 2.33. The van der Waals surface area contributed by atoms with Crippen molar-refractivity contribution in [3.05, 3.63) is 29.0 Å². The Labute approximate surface area is 156 Å². The van der Waals surface area contributed by atoms with E-state index in [2.05, 4.69) is 44.4 Å². The van der Waals surface area contributed by atoms with E-state index in [9.17, 15) is 4.79 Å². The molecule has 0 amide bonds. The van der Waals surface area contributed by atoms with Crippen LogP contribution >= 0.6 is 0 Å². The molecule has 1 aromatic heterocycles. The molecule has 2 aliphatic rings. The highest BCUT2D eigenvalue weighted by Crippen LogP contribution is 2.34. The number of nitrogens with one attached hydrogen (secondary N) is 3. The molecule has 140 valence electrons. The Morgan fingerprint density at radius 3 is 2.54 bits per heavy atom. The van der Waals surface area contributed by atoms with Gasteiger partial charge in [-0.3, -0.25) is 4.79 Å². The Morgan fingerprint density at radius 2 is 1.96 bits per heavy atom. The number of carbonyl (C=O) groups excluding carboxylic acids is 1. The lowest BCUT2D eigenvalue weighted by molar-refractivity contribution is 0.112. The second-order valence-corrected chi connectivity index (χ2v) is 8.82. The summed E-state index contributed by atoms with van der Waals surface area (Å²) in [6.07, 6.45) is 9.80. The molecule has 1 saturated carbocycles. The molecule has 0 spiro atoms. The van der Waals surface area contributed by atoms with E-state index in [1.165, 1.54) is 19.1 Å². The van der Waals surface area contributed by atoms with Crippen LogP contribution in [0.25, 0.3) is 5.57 Å².